The molecule has 2 N–H and O–H groups in total. The minimum absolute atomic E-state index is 0.0394. The fourth-order valence-electron chi connectivity index (χ4n) is 2.36. The molecule has 4 nitrogen and oxygen atoms in total. The van der Waals surface area contributed by atoms with Gasteiger partial charge in [0.15, 0.2) is 0 Å². The number of amides is 1. The SMILES string of the molecule is CCCC(C)(O)CN1CCC(NCC)C1=O. The van der Waals surface area contributed by atoms with Crippen molar-refractivity contribution in [3.05, 3.63) is 0 Å². The molecule has 0 aliphatic carbocycles. The fraction of sp³-hybridized carbons (Fsp3) is 0.917. The minimum Gasteiger partial charge on any atom is -0.388 e. The monoisotopic (exact) mass is 228 g/mol. The highest BCUT2D eigenvalue weighted by atomic mass is 16.3. The van der Waals surface area contributed by atoms with E-state index < -0.39 is 5.60 Å². The smallest absolute Gasteiger partial charge is 0.239 e. The molecule has 0 spiro atoms. The summed E-state index contributed by atoms with van der Waals surface area (Å²) in [6.07, 6.45) is 2.53. The predicted octanol–water partition coefficient (Wildman–Crippen LogP) is 0.748. The Kier molecular flexibility index (Phi) is 4.74. The first-order valence-corrected chi connectivity index (χ1v) is 6.24. The Balaban J connectivity index is 2.48. The first kappa shape index (κ1) is 13.5. The maximum Gasteiger partial charge on any atom is 0.239 e. The molecule has 4 heteroatoms. The second-order valence-electron chi connectivity index (χ2n) is 4.91. The fourth-order valence-corrected chi connectivity index (χ4v) is 2.36. The number of carbonyl (C=O) groups is 1. The van der Waals surface area contributed by atoms with Gasteiger partial charge in [0.2, 0.25) is 5.91 Å². The van der Waals surface area contributed by atoms with Crippen molar-refractivity contribution in [1.82, 2.24) is 10.2 Å². The van der Waals surface area contributed by atoms with E-state index in [9.17, 15) is 9.90 Å². The molecule has 1 aliphatic rings. The van der Waals surface area contributed by atoms with Crippen LogP contribution >= 0.6 is 0 Å². The normalized spacial score (nSPS) is 24.9. The number of hydrogen-bond donors (Lipinski definition) is 2. The molecule has 1 amide bonds. The maximum absolute atomic E-state index is 11.9. The van der Waals surface area contributed by atoms with Gasteiger partial charge >= 0.3 is 0 Å². The lowest BCUT2D eigenvalue weighted by Gasteiger charge is -2.28. The molecule has 1 fully saturated rings. The van der Waals surface area contributed by atoms with Crippen molar-refractivity contribution in [2.75, 3.05) is 19.6 Å². The molecule has 0 aromatic carbocycles. The Morgan fingerprint density at radius 3 is 2.81 bits per heavy atom. The van der Waals surface area contributed by atoms with E-state index in [0.29, 0.717) is 6.54 Å². The van der Waals surface area contributed by atoms with Gasteiger partial charge in [0.25, 0.3) is 0 Å². The highest BCUT2D eigenvalue weighted by Crippen LogP contribution is 2.18. The van der Waals surface area contributed by atoms with Crippen LogP contribution < -0.4 is 5.32 Å². The van der Waals surface area contributed by atoms with Crippen LogP contribution in [0.2, 0.25) is 0 Å². The van der Waals surface area contributed by atoms with Crippen LogP contribution in [0.3, 0.4) is 0 Å². The summed E-state index contributed by atoms with van der Waals surface area (Å²) in [5.41, 5.74) is -0.745. The highest BCUT2D eigenvalue weighted by Gasteiger charge is 2.34. The average molecular weight is 228 g/mol. The van der Waals surface area contributed by atoms with Crippen LogP contribution in [-0.2, 0) is 4.79 Å². The van der Waals surface area contributed by atoms with Crippen LogP contribution in [-0.4, -0.2) is 47.2 Å². The van der Waals surface area contributed by atoms with Crippen molar-refractivity contribution in [3.8, 4) is 0 Å². The van der Waals surface area contributed by atoms with Crippen molar-refractivity contribution in [2.24, 2.45) is 0 Å². The number of nitrogens with zero attached hydrogens (tertiary/aromatic N) is 1. The number of hydrogen-bond acceptors (Lipinski definition) is 3. The van der Waals surface area contributed by atoms with Gasteiger partial charge in [-0.3, -0.25) is 4.79 Å². The molecular weight excluding hydrogens is 204 g/mol. The van der Waals surface area contributed by atoms with Crippen molar-refractivity contribution in [3.63, 3.8) is 0 Å². The van der Waals surface area contributed by atoms with Gasteiger partial charge in [-0.05, 0) is 26.3 Å². The van der Waals surface area contributed by atoms with Crippen LogP contribution in [0.4, 0.5) is 0 Å². The number of carbonyl (C=O) groups excluding carboxylic acids is 1. The van der Waals surface area contributed by atoms with Gasteiger partial charge in [-0.1, -0.05) is 20.3 Å². The summed E-state index contributed by atoms with van der Waals surface area (Å²) >= 11 is 0. The third kappa shape index (κ3) is 3.46. The molecule has 16 heavy (non-hydrogen) atoms. The minimum atomic E-state index is -0.745. The average Bonchev–Trinajstić information content (AvgIpc) is 2.50. The Bertz CT molecular complexity index is 241. The molecule has 1 aliphatic heterocycles. The van der Waals surface area contributed by atoms with E-state index in [0.717, 1.165) is 32.4 Å². The largest absolute Gasteiger partial charge is 0.388 e. The third-order valence-electron chi connectivity index (χ3n) is 3.07. The molecule has 0 aromatic heterocycles. The summed E-state index contributed by atoms with van der Waals surface area (Å²) in [6, 6.07) is -0.0394. The number of likely N-dealkylation sites (tertiary alicyclic amines) is 1. The van der Waals surface area contributed by atoms with Gasteiger partial charge in [0.1, 0.15) is 0 Å². The summed E-state index contributed by atoms with van der Waals surface area (Å²) in [5, 5.41) is 13.3. The van der Waals surface area contributed by atoms with Crippen molar-refractivity contribution < 1.29 is 9.90 Å². The van der Waals surface area contributed by atoms with Crippen LogP contribution in [0.5, 0.6) is 0 Å². The van der Waals surface area contributed by atoms with Gasteiger partial charge in [-0.2, -0.15) is 0 Å². The van der Waals surface area contributed by atoms with E-state index in [4.69, 9.17) is 0 Å². The Morgan fingerprint density at radius 2 is 2.25 bits per heavy atom. The van der Waals surface area contributed by atoms with Gasteiger partial charge in [-0.25, -0.2) is 0 Å². The Hall–Kier alpha value is -0.610. The van der Waals surface area contributed by atoms with Gasteiger partial charge in [0.05, 0.1) is 11.6 Å². The first-order chi connectivity index (χ1) is 7.50. The second kappa shape index (κ2) is 5.64. The van der Waals surface area contributed by atoms with E-state index in [-0.39, 0.29) is 11.9 Å². The van der Waals surface area contributed by atoms with Crippen LogP contribution in [0.25, 0.3) is 0 Å². The van der Waals surface area contributed by atoms with Crippen LogP contribution in [0.1, 0.15) is 40.0 Å². The predicted molar refractivity (Wildman–Crippen MR) is 64.2 cm³/mol. The summed E-state index contributed by atoms with van der Waals surface area (Å²) in [4.78, 5) is 13.7. The first-order valence-electron chi connectivity index (χ1n) is 6.24. The lowest BCUT2D eigenvalue weighted by Crippen LogP contribution is -2.45. The zero-order chi connectivity index (χ0) is 12.2. The number of likely N-dealkylation sites (N-methyl/N-ethyl adjacent to an activating group) is 1. The standard InChI is InChI=1S/C12H24N2O2/c1-4-7-12(3,16)9-14-8-6-10(11(14)15)13-5-2/h10,13,16H,4-9H2,1-3H3. The van der Waals surface area contributed by atoms with Gasteiger partial charge in [0, 0.05) is 13.1 Å². The van der Waals surface area contributed by atoms with Crippen LogP contribution in [0.15, 0.2) is 0 Å². The molecular formula is C12H24N2O2. The number of aliphatic hydroxyl groups is 1. The second-order valence-corrected chi connectivity index (χ2v) is 4.91. The molecule has 0 radical (unpaired) electrons. The van der Waals surface area contributed by atoms with E-state index in [1.807, 2.05) is 20.8 Å². The van der Waals surface area contributed by atoms with E-state index in [1.54, 1.807) is 4.90 Å². The third-order valence-corrected chi connectivity index (χ3v) is 3.07. The molecule has 94 valence electrons. The Morgan fingerprint density at radius 1 is 1.56 bits per heavy atom. The molecule has 0 saturated carbocycles. The van der Waals surface area contributed by atoms with Gasteiger partial charge < -0.3 is 15.3 Å². The zero-order valence-corrected chi connectivity index (χ0v) is 10.6. The van der Waals surface area contributed by atoms with Crippen molar-refractivity contribution in [1.29, 1.82) is 0 Å². The molecule has 2 unspecified atom stereocenters. The summed E-state index contributed by atoms with van der Waals surface area (Å²) in [5.74, 6) is 0.137. The quantitative estimate of drug-likeness (QED) is 0.705. The van der Waals surface area contributed by atoms with Crippen LogP contribution in [0, 0.1) is 0 Å². The molecule has 0 bridgehead atoms. The van der Waals surface area contributed by atoms with E-state index in [2.05, 4.69) is 5.32 Å². The van der Waals surface area contributed by atoms with E-state index >= 15 is 0 Å². The molecule has 1 heterocycles. The summed E-state index contributed by atoms with van der Waals surface area (Å²) < 4.78 is 0. The zero-order valence-electron chi connectivity index (χ0n) is 10.6. The van der Waals surface area contributed by atoms with Gasteiger partial charge in [-0.15, -0.1) is 0 Å². The highest BCUT2D eigenvalue weighted by molar-refractivity contribution is 5.84. The molecule has 1 rings (SSSR count). The lowest BCUT2D eigenvalue weighted by molar-refractivity contribution is -0.132. The topological polar surface area (TPSA) is 52.6 Å². The molecule has 0 aromatic rings. The number of β-amino-alcohol motifs (C(OH)–C–C–N with tert-alkyl or cyclic N) is 1. The molecule has 2 atom stereocenters. The summed E-state index contributed by atoms with van der Waals surface area (Å²) in [6.45, 7) is 7.89. The summed E-state index contributed by atoms with van der Waals surface area (Å²) in [7, 11) is 0. The lowest BCUT2D eigenvalue weighted by atomic mass is 10.0. The maximum atomic E-state index is 11.9. The number of rotatable bonds is 6. The Labute approximate surface area is 98.0 Å². The van der Waals surface area contributed by atoms with Crippen molar-refractivity contribution in [2.45, 2.75) is 51.7 Å². The number of nitrogens with one attached hydrogen (secondary N) is 1. The van der Waals surface area contributed by atoms with E-state index in [1.165, 1.54) is 0 Å². The van der Waals surface area contributed by atoms with Crippen molar-refractivity contribution >= 4 is 5.91 Å². The molecule has 1 saturated heterocycles.